The predicted molar refractivity (Wildman–Crippen MR) is 157 cm³/mol. The van der Waals surface area contributed by atoms with E-state index in [1.54, 1.807) is 10.8 Å². The molecule has 0 fully saturated rings. The Bertz CT molecular complexity index is 211. The van der Waals surface area contributed by atoms with Crippen LogP contribution in [0.15, 0.2) is 0 Å². The smallest absolute Gasteiger partial charge is 0.0597 e. The van der Waals surface area contributed by atoms with E-state index >= 15 is 0 Å². The zero-order valence-electron chi connectivity index (χ0n) is 14.2. The molecule has 0 aliphatic heterocycles. The summed E-state index contributed by atoms with van der Waals surface area (Å²) in [6.45, 7) is 0. The fraction of sp³-hybridized carbons (Fsp3) is 1.00. The first-order valence-electron chi connectivity index (χ1n) is 7.75. The number of hydrogen-bond donors (Lipinski definition) is 2. The van der Waals surface area contributed by atoms with Crippen LogP contribution in [-0.4, -0.2) is 74.1 Å². The number of hydrogen-bond acceptors (Lipinski definition) is 12. The molecule has 25 heavy (non-hydrogen) atoms. The van der Waals surface area contributed by atoms with Gasteiger partial charge >= 0.3 is 0 Å². The highest BCUT2D eigenvalue weighted by molar-refractivity contribution is 8.82. The molecule has 0 atom stereocenters. The lowest BCUT2D eigenvalue weighted by molar-refractivity contribution is 1.49. The molecule has 0 aromatic rings. The molecular formula is C13H28S12. The minimum atomic E-state index is 1.00. The summed E-state index contributed by atoms with van der Waals surface area (Å²) in [5, 5.41) is 1.08. The van der Waals surface area contributed by atoms with Gasteiger partial charge in [0.25, 0.3) is 0 Å². The van der Waals surface area contributed by atoms with Crippen molar-refractivity contribution in [1.82, 2.24) is 0 Å². The first-order valence-corrected chi connectivity index (χ1v) is 21.4. The van der Waals surface area contributed by atoms with Crippen LogP contribution in [0.2, 0.25) is 0 Å². The highest BCUT2D eigenvalue weighted by Gasteiger charge is 1.96. The molecule has 0 unspecified atom stereocenters. The molecular weight excluding hydrogens is 541 g/mol. The van der Waals surface area contributed by atoms with Gasteiger partial charge in [-0.1, -0.05) is 75.6 Å². The van der Waals surface area contributed by atoms with Gasteiger partial charge in [0.15, 0.2) is 0 Å². The Morgan fingerprint density at radius 1 is 0.440 bits per heavy atom. The Hall–Kier alpha value is 4.20. The van der Waals surface area contributed by atoms with Crippen molar-refractivity contribution in [1.29, 1.82) is 0 Å². The van der Waals surface area contributed by atoms with Crippen LogP contribution in [0.1, 0.15) is 0 Å². The fourth-order valence-electron chi connectivity index (χ4n) is 1.19. The van der Waals surface area contributed by atoms with E-state index < -0.39 is 0 Å². The van der Waals surface area contributed by atoms with Crippen LogP contribution >= 0.6 is 135 Å². The maximum absolute atomic E-state index is 4.22. The zero-order chi connectivity index (χ0) is 18.3. The minimum Gasteiger partial charge on any atom is -0.179 e. The van der Waals surface area contributed by atoms with Crippen LogP contribution in [0, 0.1) is 0 Å². The predicted octanol–water partition coefficient (Wildman–Crippen LogP) is 7.80. The molecule has 0 bridgehead atoms. The van der Waals surface area contributed by atoms with Crippen molar-refractivity contribution < 1.29 is 0 Å². The molecule has 0 heterocycles. The second-order valence-electron chi connectivity index (χ2n) is 4.04. The quantitative estimate of drug-likeness (QED) is 0.0572. The lowest BCUT2D eigenvalue weighted by atomic mass is 10.9. The van der Waals surface area contributed by atoms with E-state index in [9.17, 15) is 0 Å². The summed E-state index contributed by atoms with van der Waals surface area (Å²) in [5.74, 6) is 15.0. The number of thiol groups is 2. The van der Waals surface area contributed by atoms with Crippen molar-refractivity contribution >= 4 is 135 Å². The Morgan fingerprint density at radius 3 is 1.16 bits per heavy atom. The van der Waals surface area contributed by atoms with Gasteiger partial charge in [-0.3, -0.25) is 0 Å². The largest absolute Gasteiger partial charge is 0.179 e. The molecule has 152 valence electrons. The standard InChI is InChI=1S/C13H28S12/c14-1-2-16-3-8-20-21-9-4-17-5-10-22-23-11-6-18-7-12-24-25-13-19-15/h14-15H,1-13H2. The third kappa shape index (κ3) is 28.2. The minimum absolute atomic E-state index is 1.00. The SMILES string of the molecule is SCCSCCSSCCSCCSSCCSCCSSCSS. The summed E-state index contributed by atoms with van der Waals surface area (Å²) in [7, 11) is 13.7. The highest BCUT2D eigenvalue weighted by Crippen LogP contribution is 2.28. The molecule has 0 amide bonds. The van der Waals surface area contributed by atoms with Crippen LogP contribution < -0.4 is 0 Å². The van der Waals surface area contributed by atoms with E-state index in [4.69, 9.17) is 0 Å². The van der Waals surface area contributed by atoms with E-state index in [1.807, 2.05) is 76.5 Å². The Balaban J connectivity index is 2.94. The van der Waals surface area contributed by atoms with Gasteiger partial charge in [-0.05, 0) is 5.75 Å². The van der Waals surface area contributed by atoms with Gasteiger partial charge in [-0.2, -0.15) is 47.9 Å². The maximum atomic E-state index is 4.22. The van der Waals surface area contributed by atoms with Crippen molar-refractivity contribution in [3.63, 3.8) is 0 Å². The molecule has 0 rings (SSSR count). The summed E-state index contributed by atoms with van der Waals surface area (Å²) in [4.78, 5) is 0. The lowest BCUT2D eigenvalue weighted by Crippen LogP contribution is -1.90. The van der Waals surface area contributed by atoms with E-state index in [0.717, 1.165) is 10.8 Å². The van der Waals surface area contributed by atoms with Gasteiger partial charge in [0.1, 0.15) is 0 Å². The van der Waals surface area contributed by atoms with Gasteiger partial charge in [0.05, 0.1) is 5.08 Å². The summed E-state index contributed by atoms with van der Waals surface area (Å²) in [6, 6.07) is 0. The number of rotatable bonds is 22. The van der Waals surface area contributed by atoms with Crippen LogP contribution in [0.3, 0.4) is 0 Å². The van der Waals surface area contributed by atoms with Gasteiger partial charge in [-0.25, -0.2) is 0 Å². The highest BCUT2D eigenvalue weighted by atomic mass is 33.1. The Labute approximate surface area is 206 Å². The molecule has 0 spiro atoms. The molecule has 0 aliphatic rings. The van der Waals surface area contributed by atoms with Crippen LogP contribution in [-0.2, 0) is 0 Å². The molecule has 0 N–H and O–H groups in total. The fourth-order valence-corrected chi connectivity index (χ4v) is 14.1. The van der Waals surface area contributed by atoms with Crippen molar-refractivity contribution in [3.05, 3.63) is 0 Å². The van der Waals surface area contributed by atoms with Gasteiger partial charge in [0, 0.05) is 63.3 Å². The van der Waals surface area contributed by atoms with Crippen molar-refractivity contribution in [2.75, 3.05) is 74.1 Å². The molecule has 0 aliphatic carbocycles. The zero-order valence-corrected chi connectivity index (χ0v) is 24.1. The summed E-state index contributed by atoms with van der Waals surface area (Å²) >= 11 is 14.6. The molecule has 0 aromatic heterocycles. The first-order chi connectivity index (χ1) is 12.4. The van der Waals surface area contributed by atoms with E-state index in [-0.39, 0.29) is 0 Å². The van der Waals surface area contributed by atoms with Gasteiger partial charge < -0.3 is 0 Å². The average Bonchev–Trinajstić information content (AvgIpc) is 2.63. The maximum Gasteiger partial charge on any atom is 0.0597 e. The lowest BCUT2D eigenvalue weighted by Gasteiger charge is -2.03. The van der Waals surface area contributed by atoms with E-state index in [0.29, 0.717) is 0 Å². The van der Waals surface area contributed by atoms with E-state index in [1.165, 1.54) is 63.3 Å². The monoisotopic (exact) mass is 568 g/mol. The third-order valence-corrected chi connectivity index (χ3v) is 15.9. The van der Waals surface area contributed by atoms with E-state index in [2.05, 4.69) is 47.8 Å². The molecule has 12 heteroatoms. The van der Waals surface area contributed by atoms with Crippen molar-refractivity contribution in [2.24, 2.45) is 0 Å². The molecule has 0 saturated heterocycles. The van der Waals surface area contributed by atoms with Crippen molar-refractivity contribution in [2.45, 2.75) is 0 Å². The second kappa shape index (κ2) is 28.2. The average molecular weight is 569 g/mol. The normalized spacial score (nSPS) is 11.3. The first kappa shape index (κ1) is 29.2. The van der Waals surface area contributed by atoms with Crippen molar-refractivity contribution in [3.8, 4) is 0 Å². The topological polar surface area (TPSA) is 0 Å². The van der Waals surface area contributed by atoms with Crippen LogP contribution in [0.4, 0.5) is 0 Å². The summed E-state index contributed by atoms with van der Waals surface area (Å²) in [5.41, 5.74) is 0. The summed E-state index contributed by atoms with van der Waals surface area (Å²) in [6.07, 6.45) is 0. The van der Waals surface area contributed by atoms with Crippen LogP contribution in [0.5, 0.6) is 0 Å². The summed E-state index contributed by atoms with van der Waals surface area (Å²) < 4.78 is 0. The van der Waals surface area contributed by atoms with Gasteiger partial charge in [-0.15, -0.1) is 11.7 Å². The van der Waals surface area contributed by atoms with Crippen LogP contribution in [0.25, 0.3) is 0 Å². The molecule has 0 saturated carbocycles. The third-order valence-electron chi connectivity index (χ3n) is 2.14. The Morgan fingerprint density at radius 2 is 0.800 bits per heavy atom. The molecule has 0 aromatic carbocycles. The second-order valence-corrected chi connectivity index (χ2v) is 17.8. The molecule has 0 nitrogen and oxygen atoms in total. The molecule has 0 radical (unpaired) electrons. The number of thioether (sulfide) groups is 3. The Kier molecular flexibility index (Phi) is 32.9. The van der Waals surface area contributed by atoms with Gasteiger partial charge in [0.2, 0.25) is 0 Å².